The normalized spacial score (nSPS) is 15.8. The van der Waals surface area contributed by atoms with Gasteiger partial charge in [0, 0.05) is 60.8 Å². The van der Waals surface area contributed by atoms with Gasteiger partial charge < -0.3 is 9.88 Å². The molecule has 5 nitrogen and oxygen atoms in total. The van der Waals surface area contributed by atoms with E-state index in [1.54, 1.807) is 18.5 Å². The number of aromatic nitrogens is 3. The summed E-state index contributed by atoms with van der Waals surface area (Å²) < 4.78 is 25.7. The van der Waals surface area contributed by atoms with Gasteiger partial charge in [-0.25, -0.2) is 18.7 Å². The van der Waals surface area contributed by atoms with Crippen molar-refractivity contribution in [1.82, 2.24) is 19.9 Å². The van der Waals surface area contributed by atoms with Gasteiger partial charge in [-0.05, 0) is 31.4 Å². The van der Waals surface area contributed by atoms with Crippen LogP contribution < -0.4 is 4.90 Å². The van der Waals surface area contributed by atoms with Crippen LogP contribution in [0.25, 0.3) is 10.9 Å². The van der Waals surface area contributed by atoms with Crippen LogP contribution in [0.2, 0.25) is 0 Å². The zero-order chi connectivity index (χ0) is 19.0. The average Bonchev–Trinajstić information content (AvgIpc) is 3.06. The molecular formula is C20H23F2N5. The Bertz CT molecular complexity index is 945. The van der Waals surface area contributed by atoms with Crippen LogP contribution in [0.3, 0.4) is 0 Å². The summed E-state index contributed by atoms with van der Waals surface area (Å²) in [5, 5.41) is 0.972. The van der Waals surface area contributed by atoms with E-state index in [1.807, 2.05) is 6.92 Å². The van der Waals surface area contributed by atoms with E-state index >= 15 is 0 Å². The van der Waals surface area contributed by atoms with Gasteiger partial charge in [0.05, 0.1) is 0 Å². The fourth-order valence-electron chi connectivity index (χ4n) is 3.63. The number of alkyl halides is 2. The molecule has 3 aromatic rings. The van der Waals surface area contributed by atoms with Gasteiger partial charge >= 0.3 is 0 Å². The van der Waals surface area contributed by atoms with Gasteiger partial charge in [-0.2, -0.15) is 0 Å². The van der Waals surface area contributed by atoms with Crippen LogP contribution in [0, 0.1) is 13.8 Å². The summed E-state index contributed by atoms with van der Waals surface area (Å²) in [6.45, 7) is 8.54. The summed E-state index contributed by atoms with van der Waals surface area (Å²) in [5.74, 6) is 1.02. The number of hydrogen-bond donors (Lipinski definition) is 1. The van der Waals surface area contributed by atoms with Crippen LogP contribution >= 0.6 is 0 Å². The molecule has 1 aromatic carbocycles. The summed E-state index contributed by atoms with van der Waals surface area (Å²) in [6.07, 6.45) is -0.814. The van der Waals surface area contributed by atoms with Crippen molar-refractivity contribution >= 4 is 16.7 Å². The highest BCUT2D eigenvalue weighted by Crippen LogP contribution is 2.25. The number of benzene rings is 1. The first-order valence-corrected chi connectivity index (χ1v) is 9.16. The second-order valence-corrected chi connectivity index (χ2v) is 7.11. The van der Waals surface area contributed by atoms with Gasteiger partial charge in [-0.15, -0.1) is 0 Å². The smallest absolute Gasteiger partial charge is 0.263 e. The van der Waals surface area contributed by atoms with Gasteiger partial charge in [0.1, 0.15) is 12.1 Å². The number of aromatic amines is 1. The third-order valence-electron chi connectivity index (χ3n) is 5.33. The van der Waals surface area contributed by atoms with Crippen LogP contribution in [-0.2, 0) is 6.54 Å². The van der Waals surface area contributed by atoms with Gasteiger partial charge in [0.25, 0.3) is 6.43 Å². The van der Waals surface area contributed by atoms with Gasteiger partial charge in [-0.1, -0.05) is 12.1 Å². The molecule has 0 atom stereocenters. The molecule has 0 unspecified atom stereocenters. The number of nitrogens with one attached hydrogen (secondary N) is 1. The maximum absolute atomic E-state index is 12.9. The lowest BCUT2D eigenvalue weighted by molar-refractivity contribution is 0.151. The number of fused-ring (bicyclic) bond motifs is 1. The Morgan fingerprint density at radius 2 is 1.85 bits per heavy atom. The number of H-pyrrole nitrogens is 1. The first-order chi connectivity index (χ1) is 13.0. The van der Waals surface area contributed by atoms with E-state index in [-0.39, 0.29) is 5.56 Å². The third-order valence-corrected chi connectivity index (χ3v) is 5.33. The van der Waals surface area contributed by atoms with Crippen LogP contribution in [0.1, 0.15) is 28.9 Å². The molecule has 0 amide bonds. The minimum Gasteiger partial charge on any atom is -0.357 e. The lowest BCUT2D eigenvalue weighted by atomic mass is 10.2. The maximum atomic E-state index is 12.9. The molecule has 1 N–H and O–H groups in total. The minimum atomic E-state index is -2.44. The topological polar surface area (TPSA) is 48.1 Å². The molecule has 2 aromatic heterocycles. The first-order valence-electron chi connectivity index (χ1n) is 9.16. The zero-order valence-electron chi connectivity index (χ0n) is 15.5. The molecule has 0 spiro atoms. The van der Waals surface area contributed by atoms with E-state index in [0.717, 1.165) is 66.4 Å². The summed E-state index contributed by atoms with van der Waals surface area (Å²) in [5.41, 5.74) is 4.03. The molecule has 0 radical (unpaired) electrons. The Labute approximate surface area is 157 Å². The number of anilines is 1. The van der Waals surface area contributed by atoms with Gasteiger partial charge in [-0.3, -0.25) is 4.90 Å². The standard InChI is InChI=1S/C20H23F2N5/c1-13-14(2)23-12-24-20(13)27-7-5-26(6-8-27)11-17-9-15-3-4-16(19(21)22)10-18(15)25-17/h3-4,9-10,12,19,25H,5-8,11H2,1-2H3. The molecule has 4 rings (SSSR count). The molecule has 7 heteroatoms. The van der Waals surface area contributed by atoms with Crippen LogP contribution in [0.4, 0.5) is 14.6 Å². The molecule has 1 saturated heterocycles. The van der Waals surface area contributed by atoms with Crippen molar-refractivity contribution in [3.05, 3.63) is 53.1 Å². The quantitative estimate of drug-likeness (QED) is 0.757. The predicted molar refractivity (Wildman–Crippen MR) is 102 cm³/mol. The molecule has 27 heavy (non-hydrogen) atoms. The predicted octanol–water partition coefficient (Wildman–Crippen LogP) is 3.83. The second kappa shape index (κ2) is 7.23. The molecule has 1 fully saturated rings. The third kappa shape index (κ3) is 3.64. The number of halogens is 2. The van der Waals surface area contributed by atoms with Gasteiger partial charge in [0.2, 0.25) is 0 Å². The molecule has 0 bridgehead atoms. The van der Waals surface area contributed by atoms with Crippen molar-refractivity contribution in [3.8, 4) is 0 Å². The van der Waals surface area contributed by atoms with E-state index in [4.69, 9.17) is 0 Å². The number of hydrogen-bond acceptors (Lipinski definition) is 4. The van der Waals surface area contributed by atoms with E-state index in [9.17, 15) is 8.78 Å². The van der Waals surface area contributed by atoms with Crippen LogP contribution in [-0.4, -0.2) is 46.0 Å². The first kappa shape index (κ1) is 17.9. The van der Waals surface area contributed by atoms with E-state index in [2.05, 4.69) is 37.7 Å². The second-order valence-electron chi connectivity index (χ2n) is 7.11. The zero-order valence-corrected chi connectivity index (χ0v) is 15.5. The highest BCUT2D eigenvalue weighted by molar-refractivity contribution is 5.81. The molecule has 0 saturated carbocycles. The summed E-state index contributed by atoms with van der Waals surface area (Å²) in [7, 11) is 0. The number of aryl methyl sites for hydroxylation is 1. The van der Waals surface area contributed by atoms with E-state index in [0.29, 0.717) is 0 Å². The Morgan fingerprint density at radius 3 is 2.59 bits per heavy atom. The van der Waals surface area contributed by atoms with Gasteiger partial charge in [0.15, 0.2) is 0 Å². The SMILES string of the molecule is Cc1ncnc(N2CCN(Cc3cc4ccc(C(F)F)cc4[nH]3)CC2)c1C. The summed E-state index contributed by atoms with van der Waals surface area (Å²) in [4.78, 5) is 16.7. The molecule has 3 heterocycles. The van der Waals surface area contributed by atoms with Crippen molar-refractivity contribution in [1.29, 1.82) is 0 Å². The van der Waals surface area contributed by atoms with Crippen molar-refractivity contribution < 1.29 is 8.78 Å². The summed E-state index contributed by atoms with van der Waals surface area (Å²) >= 11 is 0. The minimum absolute atomic E-state index is 0.0556. The molecule has 1 aliphatic heterocycles. The van der Waals surface area contributed by atoms with Crippen LogP contribution in [0.15, 0.2) is 30.6 Å². The number of piperazine rings is 1. The molecule has 1 aliphatic rings. The van der Waals surface area contributed by atoms with Crippen molar-refractivity contribution in [2.45, 2.75) is 26.8 Å². The number of nitrogens with zero attached hydrogens (tertiary/aromatic N) is 4. The highest BCUT2D eigenvalue weighted by atomic mass is 19.3. The molecular weight excluding hydrogens is 348 g/mol. The van der Waals surface area contributed by atoms with E-state index < -0.39 is 6.43 Å². The van der Waals surface area contributed by atoms with Crippen LogP contribution in [0.5, 0.6) is 0 Å². The monoisotopic (exact) mass is 371 g/mol. The highest BCUT2D eigenvalue weighted by Gasteiger charge is 2.20. The maximum Gasteiger partial charge on any atom is 0.263 e. The van der Waals surface area contributed by atoms with Crippen molar-refractivity contribution in [3.63, 3.8) is 0 Å². The fraction of sp³-hybridized carbons (Fsp3) is 0.400. The van der Waals surface area contributed by atoms with Crippen molar-refractivity contribution in [2.24, 2.45) is 0 Å². The Balaban J connectivity index is 1.42. The largest absolute Gasteiger partial charge is 0.357 e. The molecule has 142 valence electrons. The summed E-state index contributed by atoms with van der Waals surface area (Å²) in [6, 6.07) is 6.85. The molecule has 0 aliphatic carbocycles. The number of rotatable bonds is 4. The fourth-order valence-corrected chi connectivity index (χ4v) is 3.63. The Kier molecular flexibility index (Phi) is 4.78. The lowest BCUT2D eigenvalue weighted by Crippen LogP contribution is -2.46. The Morgan fingerprint density at radius 1 is 1.07 bits per heavy atom. The Hall–Kier alpha value is -2.54. The van der Waals surface area contributed by atoms with Crippen molar-refractivity contribution in [2.75, 3.05) is 31.1 Å². The lowest BCUT2D eigenvalue weighted by Gasteiger charge is -2.35. The van der Waals surface area contributed by atoms with E-state index in [1.165, 1.54) is 6.07 Å². The average molecular weight is 371 g/mol.